The Labute approximate surface area is 139 Å². The maximum atomic E-state index is 12.5. The monoisotopic (exact) mass is 315 g/mol. The van der Waals surface area contributed by atoms with Crippen LogP contribution in [0.1, 0.15) is 56.1 Å². The lowest BCUT2D eigenvalue weighted by molar-refractivity contribution is -0.126. The summed E-state index contributed by atoms with van der Waals surface area (Å²) in [5, 5.41) is 3.28. The molecular weight excluding hydrogens is 286 g/mol. The molecule has 0 atom stereocenters. The average molecular weight is 315 g/mol. The molecule has 1 amide bonds. The minimum absolute atomic E-state index is 0.0380. The lowest BCUT2D eigenvalue weighted by Crippen LogP contribution is -2.46. The van der Waals surface area contributed by atoms with Gasteiger partial charge in [-0.25, -0.2) is 0 Å². The van der Waals surface area contributed by atoms with Gasteiger partial charge in [-0.15, -0.1) is 0 Å². The van der Waals surface area contributed by atoms with Crippen LogP contribution in [-0.4, -0.2) is 25.7 Å². The highest BCUT2D eigenvalue weighted by molar-refractivity contribution is 5.78. The van der Waals surface area contributed by atoms with Gasteiger partial charge in [-0.05, 0) is 38.2 Å². The summed E-state index contributed by atoms with van der Waals surface area (Å²) in [6.07, 6.45) is 7.79. The van der Waals surface area contributed by atoms with E-state index in [1.54, 1.807) is 0 Å². The van der Waals surface area contributed by atoms with Crippen molar-refractivity contribution in [3.8, 4) is 0 Å². The summed E-state index contributed by atoms with van der Waals surface area (Å²) in [5.74, 6) is 0.501. The summed E-state index contributed by atoms with van der Waals surface area (Å²) < 4.78 is 5.58. The summed E-state index contributed by atoms with van der Waals surface area (Å²) in [4.78, 5) is 12.5. The number of hydrogen-bond acceptors (Lipinski definition) is 2. The lowest BCUT2D eigenvalue weighted by Gasteiger charge is -2.38. The maximum Gasteiger partial charge on any atom is 0.223 e. The van der Waals surface area contributed by atoms with E-state index in [9.17, 15) is 4.79 Å². The average Bonchev–Trinajstić information content (AvgIpc) is 2.62. The van der Waals surface area contributed by atoms with Gasteiger partial charge in [0.25, 0.3) is 0 Å². The fourth-order valence-electron chi connectivity index (χ4n) is 4.00. The predicted molar refractivity (Wildman–Crippen MR) is 92.5 cm³/mol. The molecular formula is C20H29NO2. The van der Waals surface area contributed by atoms with Crippen molar-refractivity contribution in [3.05, 3.63) is 35.4 Å². The molecule has 1 N–H and O–H groups in total. The molecule has 1 heterocycles. The molecule has 1 aromatic rings. The van der Waals surface area contributed by atoms with Crippen LogP contribution in [0, 0.1) is 12.8 Å². The topological polar surface area (TPSA) is 38.3 Å². The Balaban J connectivity index is 1.69. The van der Waals surface area contributed by atoms with Gasteiger partial charge in [0.2, 0.25) is 5.91 Å². The van der Waals surface area contributed by atoms with Crippen molar-refractivity contribution in [3.63, 3.8) is 0 Å². The third kappa shape index (κ3) is 3.95. The van der Waals surface area contributed by atoms with E-state index < -0.39 is 0 Å². The van der Waals surface area contributed by atoms with E-state index in [2.05, 4.69) is 36.5 Å². The second-order valence-electron chi connectivity index (χ2n) is 7.31. The Kier molecular flexibility index (Phi) is 5.37. The van der Waals surface area contributed by atoms with Crippen LogP contribution in [-0.2, 0) is 14.9 Å². The first-order valence-corrected chi connectivity index (χ1v) is 9.12. The van der Waals surface area contributed by atoms with E-state index >= 15 is 0 Å². The molecule has 23 heavy (non-hydrogen) atoms. The number of hydrogen-bond donors (Lipinski definition) is 1. The predicted octanol–water partition coefficient (Wildman–Crippen LogP) is 3.74. The largest absolute Gasteiger partial charge is 0.381 e. The minimum Gasteiger partial charge on any atom is -0.381 e. The van der Waals surface area contributed by atoms with Gasteiger partial charge in [-0.1, -0.05) is 49.1 Å². The first kappa shape index (κ1) is 16.5. The Morgan fingerprint density at radius 1 is 1.13 bits per heavy atom. The zero-order valence-corrected chi connectivity index (χ0v) is 14.3. The van der Waals surface area contributed by atoms with Crippen LogP contribution in [0.3, 0.4) is 0 Å². The van der Waals surface area contributed by atoms with E-state index in [1.807, 2.05) is 0 Å². The van der Waals surface area contributed by atoms with Crippen molar-refractivity contribution in [2.75, 3.05) is 19.8 Å². The van der Waals surface area contributed by atoms with Crippen molar-refractivity contribution in [1.82, 2.24) is 5.32 Å². The van der Waals surface area contributed by atoms with E-state index in [0.717, 1.165) is 45.4 Å². The zero-order chi connectivity index (χ0) is 16.1. The maximum absolute atomic E-state index is 12.5. The third-order valence-corrected chi connectivity index (χ3v) is 5.69. The molecule has 1 aliphatic carbocycles. The molecule has 0 radical (unpaired) electrons. The quantitative estimate of drug-likeness (QED) is 0.919. The summed E-state index contributed by atoms with van der Waals surface area (Å²) >= 11 is 0. The summed E-state index contributed by atoms with van der Waals surface area (Å²) in [7, 11) is 0. The SMILES string of the molecule is Cc1ccc(C2(CNC(=O)C3CCCCC3)CCOCC2)cc1. The highest BCUT2D eigenvalue weighted by atomic mass is 16.5. The Morgan fingerprint density at radius 2 is 1.78 bits per heavy atom. The van der Waals surface area contributed by atoms with E-state index in [0.29, 0.717) is 0 Å². The molecule has 3 heteroatoms. The highest BCUT2D eigenvalue weighted by Crippen LogP contribution is 2.35. The van der Waals surface area contributed by atoms with Crippen molar-refractivity contribution >= 4 is 5.91 Å². The molecule has 1 saturated carbocycles. The molecule has 0 unspecified atom stereocenters. The normalized spacial score (nSPS) is 21.8. The van der Waals surface area contributed by atoms with E-state index in [1.165, 1.54) is 30.4 Å². The van der Waals surface area contributed by atoms with Gasteiger partial charge < -0.3 is 10.1 Å². The second-order valence-corrected chi connectivity index (χ2v) is 7.31. The van der Waals surface area contributed by atoms with Crippen molar-refractivity contribution in [1.29, 1.82) is 0 Å². The molecule has 0 bridgehead atoms. The zero-order valence-electron chi connectivity index (χ0n) is 14.3. The number of nitrogens with one attached hydrogen (secondary N) is 1. The van der Waals surface area contributed by atoms with Crippen LogP contribution in [0.25, 0.3) is 0 Å². The molecule has 0 aromatic heterocycles. The molecule has 3 nitrogen and oxygen atoms in total. The van der Waals surface area contributed by atoms with Gasteiger partial charge in [0, 0.05) is 31.1 Å². The lowest BCUT2D eigenvalue weighted by atomic mass is 9.73. The van der Waals surface area contributed by atoms with Gasteiger partial charge >= 0.3 is 0 Å². The van der Waals surface area contributed by atoms with Gasteiger partial charge in [-0.2, -0.15) is 0 Å². The van der Waals surface area contributed by atoms with Gasteiger partial charge in [0.1, 0.15) is 0 Å². The van der Waals surface area contributed by atoms with E-state index in [4.69, 9.17) is 4.74 Å². The number of carbonyl (C=O) groups is 1. The summed E-state index contributed by atoms with van der Waals surface area (Å²) in [5.41, 5.74) is 2.66. The molecule has 1 aromatic carbocycles. The Bertz CT molecular complexity index is 511. The number of amides is 1. The standard InChI is InChI=1S/C20H29NO2/c1-16-7-9-18(10-8-16)20(11-13-23-14-12-20)15-21-19(22)17-5-3-2-4-6-17/h7-10,17H,2-6,11-15H2,1H3,(H,21,22). The van der Waals surface area contributed by atoms with Crippen molar-refractivity contribution in [2.24, 2.45) is 5.92 Å². The van der Waals surface area contributed by atoms with Gasteiger partial charge in [-0.3, -0.25) is 4.79 Å². The number of carbonyl (C=O) groups excluding carboxylic acids is 1. The Hall–Kier alpha value is -1.35. The summed E-state index contributed by atoms with van der Waals surface area (Å²) in [6, 6.07) is 8.81. The van der Waals surface area contributed by atoms with Crippen LogP contribution >= 0.6 is 0 Å². The second kappa shape index (κ2) is 7.48. The van der Waals surface area contributed by atoms with Crippen LogP contribution in [0.15, 0.2) is 24.3 Å². The Morgan fingerprint density at radius 3 is 2.43 bits per heavy atom. The molecule has 2 fully saturated rings. The van der Waals surface area contributed by atoms with Crippen LogP contribution < -0.4 is 5.32 Å². The first-order chi connectivity index (χ1) is 11.2. The first-order valence-electron chi connectivity index (χ1n) is 9.12. The smallest absolute Gasteiger partial charge is 0.223 e. The number of ether oxygens (including phenoxy) is 1. The highest BCUT2D eigenvalue weighted by Gasteiger charge is 2.35. The van der Waals surface area contributed by atoms with Gasteiger partial charge in [0.15, 0.2) is 0 Å². The molecule has 1 aliphatic heterocycles. The molecule has 2 aliphatic rings. The van der Waals surface area contributed by atoms with Crippen molar-refractivity contribution < 1.29 is 9.53 Å². The van der Waals surface area contributed by atoms with Gasteiger partial charge in [0.05, 0.1) is 0 Å². The van der Waals surface area contributed by atoms with Crippen LogP contribution in [0.5, 0.6) is 0 Å². The minimum atomic E-state index is 0.0380. The van der Waals surface area contributed by atoms with Crippen LogP contribution in [0.4, 0.5) is 0 Å². The fraction of sp³-hybridized carbons (Fsp3) is 0.650. The summed E-state index contributed by atoms with van der Waals surface area (Å²) in [6.45, 7) is 4.43. The molecule has 1 saturated heterocycles. The molecule has 3 rings (SSSR count). The third-order valence-electron chi connectivity index (χ3n) is 5.69. The van der Waals surface area contributed by atoms with Crippen LogP contribution in [0.2, 0.25) is 0 Å². The number of aryl methyl sites for hydroxylation is 1. The molecule has 126 valence electrons. The fourth-order valence-corrected chi connectivity index (χ4v) is 4.00. The molecule has 0 spiro atoms. The number of rotatable bonds is 4. The van der Waals surface area contributed by atoms with Crippen molar-refractivity contribution in [2.45, 2.75) is 57.3 Å². The number of benzene rings is 1. The van der Waals surface area contributed by atoms with E-state index in [-0.39, 0.29) is 17.2 Å².